The highest BCUT2D eigenvalue weighted by molar-refractivity contribution is 5.87. The molecule has 0 radical (unpaired) electrons. The van der Waals surface area contributed by atoms with Crippen molar-refractivity contribution < 1.29 is 13.9 Å². The molecule has 0 saturated heterocycles. The van der Waals surface area contributed by atoms with E-state index in [2.05, 4.69) is 17.1 Å². The quantitative estimate of drug-likeness (QED) is 0.730. The van der Waals surface area contributed by atoms with Crippen molar-refractivity contribution in [1.82, 2.24) is 4.98 Å². The number of benzene rings is 1. The van der Waals surface area contributed by atoms with E-state index in [0.29, 0.717) is 11.6 Å². The lowest BCUT2D eigenvalue weighted by Crippen LogP contribution is -2.03. The van der Waals surface area contributed by atoms with Crippen LogP contribution in [0.1, 0.15) is 47.5 Å². The Kier molecular flexibility index (Phi) is 5.55. The molecular formula is C17H21NO3. The van der Waals surface area contributed by atoms with Crippen LogP contribution in [0.5, 0.6) is 0 Å². The minimum atomic E-state index is -0.444. The van der Waals surface area contributed by atoms with Gasteiger partial charge in [0.25, 0.3) is 0 Å². The second-order valence-electron chi connectivity index (χ2n) is 4.96. The number of oxazole rings is 1. The first kappa shape index (κ1) is 15.3. The highest BCUT2D eigenvalue weighted by Crippen LogP contribution is 2.16. The number of aromatic nitrogens is 1. The van der Waals surface area contributed by atoms with Crippen molar-refractivity contribution in [3.63, 3.8) is 0 Å². The molecule has 4 nitrogen and oxygen atoms in total. The van der Waals surface area contributed by atoms with Gasteiger partial charge in [-0.15, -0.1) is 0 Å². The third kappa shape index (κ3) is 4.18. The van der Waals surface area contributed by atoms with Crippen LogP contribution >= 0.6 is 0 Å². The summed E-state index contributed by atoms with van der Waals surface area (Å²) in [6.45, 7) is 2.05. The predicted molar refractivity (Wildman–Crippen MR) is 80.3 cm³/mol. The van der Waals surface area contributed by atoms with Crippen molar-refractivity contribution in [2.24, 2.45) is 0 Å². The SMILES string of the molecule is CCCc1nc(CCCc2ccccc2)oc1C(=O)OC. The lowest BCUT2D eigenvalue weighted by Gasteiger charge is -1.98. The number of aryl methyl sites for hydroxylation is 3. The lowest BCUT2D eigenvalue weighted by atomic mass is 10.1. The lowest BCUT2D eigenvalue weighted by molar-refractivity contribution is 0.0561. The zero-order chi connectivity index (χ0) is 15.1. The molecule has 0 amide bonds. The molecule has 0 saturated carbocycles. The van der Waals surface area contributed by atoms with E-state index < -0.39 is 5.97 Å². The van der Waals surface area contributed by atoms with Gasteiger partial charge in [0, 0.05) is 6.42 Å². The molecule has 0 bridgehead atoms. The Balaban J connectivity index is 1.98. The molecule has 2 aromatic rings. The fourth-order valence-electron chi connectivity index (χ4n) is 2.25. The number of rotatable bonds is 7. The summed E-state index contributed by atoms with van der Waals surface area (Å²) in [6, 6.07) is 10.3. The molecule has 0 atom stereocenters. The summed E-state index contributed by atoms with van der Waals surface area (Å²) in [7, 11) is 1.36. The number of carbonyl (C=O) groups excluding carboxylic acids is 1. The van der Waals surface area contributed by atoms with Crippen LogP contribution in [0.3, 0.4) is 0 Å². The summed E-state index contributed by atoms with van der Waals surface area (Å²) in [5.41, 5.74) is 2.00. The zero-order valence-electron chi connectivity index (χ0n) is 12.6. The van der Waals surface area contributed by atoms with Crippen LogP contribution in [-0.4, -0.2) is 18.1 Å². The van der Waals surface area contributed by atoms with Gasteiger partial charge in [0.15, 0.2) is 5.89 Å². The molecule has 2 rings (SSSR count). The second-order valence-corrected chi connectivity index (χ2v) is 4.96. The smallest absolute Gasteiger partial charge is 0.375 e. The van der Waals surface area contributed by atoms with Crippen LogP contribution in [0.2, 0.25) is 0 Å². The normalized spacial score (nSPS) is 10.6. The van der Waals surface area contributed by atoms with Crippen molar-refractivity contribution in [2.45, 2.75) is 39.0 Å². The van der Waals surface area contributed by atoms with Crippen molar-refractivity contribution >= 4 is 5.97 Å². The van der Waals surface area contributed by atoms with Crippen molar-refractivity contribution in [1.29, 1.82) is 0 Å². The number of esters is 1. The van der Waals surface area contributed by atoms with E-state index >= 15 is 0 Å². The van der Waals surface area contributed by atoms with Crippen LogP contribution < -0.4 is 0 Å². The maximum atomic E-state index is 11.7. The van der Waals surface area contributed by atoms with Crippen LogP contribution in [-0.2, 0) is 24.0 Å². The van der Waals surface area contributed by atoms with E-state index in [1.165, 1.54) is 12.7 Å². The Morgan fingerprint density at radius 1 is 1.19 bits per heavy atom. The Morgan fingerprint density at radius 3 is 2.62 bits per heavy atom. The molecule has 0 N–H and O–H groups in total. The Hall–Kier alpha value is -2.10. The molecule has 0 aliphatic carbocycles. The molecule has 4 heteroatoms. The number of ether oxygens (including phenoxy) is 1. The topological polar surface area (TPSA) is 52.3 Å². The summed E-state index contributed by atoms with van der Waals surface area (Å²) < 4.78 is 10.3. The minimum Gasteiger partial charge on any atom is -0.463 e. The van der Waals surface area contributed by atoms with Gasteiger partial charge in [-0.05, 0) is 24.8 Å². The molecule has 112 valence electrons. The molecule has 1 heterocycles. The Morgan fingerprint density at radius 2 is 1.95 bits per heavy atom. The van der Waals surface area contributed by atoms with Gasteiger partial charge < -0.3 is 9.15 Å². The third-order valence-corrected chi connectivity index (χ3v) is 3.30. The maximum Gasteiger partial charge on any atom is 0.375 e. The van der Waals surface area contributed by atoms with E-state index in [-0.39, 0.29) is 5.76 Å². The monoisotopic (exact) mass is 287 g/mol. The summed E-state index contributed by atoms with van der Waals surface area (Å²) in [5, 5.41) is 0. The summed E-state index contributed by atoms with van der Waals surface area (Å²) in [4.78, 5) is 16.1. The van der Waals surface area contributed by atoms with E-state index in [4.69, 9.17) is 9.15 Å². The highest BCUT2D eigenvalue weighted by atomic mass is 16.5. The van der Waals surface area contributed by atoms with E-state index in [1.807, 2.05) is 25.1 Å². The molecule has 0 fully saturated rings. The summed E-state index contributed by atoms with van der Waals surface area (Å²) in [6.07, 6.45) is 4.28. The second kappa shape index (κ2) is 7.62. The van der Waals surface area contributed by atoms with Gasteiger partial charge in [-0.3, -0.25) is 0 Å². The average molecular weight is 287 g/mol. The summed E-state index contributed by atoms with van der Waals surface area (Å²) in [5.74, 6) is 0.434. The zero-order valence-corrected chi connectivity index (χ0v) is 12.6. The number of nitrogens with zero attached hydrogens (tertiary/aromatic N) is 1. The maximum absolute atomic E-state index is 11.7. The number of hydrogen-bond donors (Lipinski definition) is 0. The van der Waals surface area contributed by atoms with Crippen LogP contribution in [0, 0.1) is 0 Å². The standard InChI is InChI=1S/C17H21NO3/c1-3-8-14-16(17(19)20-2)21-15(18-14)12-7-11-13-9-5-4-6-10-13/h4-6,9-10H,3,7-8,11-12H2,1-2H3. The molecule has 1 aromatic heterocycles. The molecule has 0 spiro atoms. The van der Waals surface area contributed by atoms with Crippen molar-refractivity contribution in [3.8, 4) is 0 Å². The number of carbonyl (C=O) groups is 1. The van der Waals surface area contributed by atoms with Crippen LogP contribution in [0.25, 0.3) is 0 Å². The molecule has 1 aromatic carbocycles. The first-order valence-electron chi connectivity index (χ1n) is 7.35. The van der Waals surface area contributed by atoms with Gasteiger partial charge in [0.1, 0.15) is 0 Å². The van der Waals surface area contributed by atoms with Gasteiger partial charge in [0.05, 0.1) is 12.8 Å². The van der Waals surface area contributed by atoms with Crippen molar-refractivity contribution in [3.05, 3.63) is 53.2 Å². The van der Waals surface area contributed by atoms with E-state index in [1.54, 1.807) is 0 Å². The van der Waals surface area contributed by atoms with E-state index in [0.717, 1.165) is 32.1 Å². The first-order chi connectivity index (χ1) is 10.2. The number of hydrogen-bond acceptors (Lipinski definition) is 4. The number of methoxy groups -OCH3 is 1. The minimum absolute atomic E-state index is 0.258. The average Bonchev–Trinajstić information content (AvgIpc) is 2.91. The Labute approximate surface area is 125 Å². The fourth-order valence-corrected chi connectivity index (χ4v) is 2.25. The molecule has 0 unspecified atom stereocenters. The van der Waals surface area contributed by atoms with Crippen LogP contribution in [0.15, 0.2) is 34.7 Å². The molecule has 0 aliphatic heterocycles. The largest absolute Gasteiger partial charge is 0.463 e. The predicted octanol–water partition coefficient (Wildman–Crippen LogP) is 3.59. The van der Waals surface area contributed by atoms with E-state index in [9.17, 15) is 4.79 Å². The summed E-state index contributed by atoms with van der Waals surface area (Å²) >= 11 is 0. The third-order valence-electron chi connectivity index (χ3n) is 3.30. The van der Waals surface area contributed by atoms with Crippen LogP contribution in [0.4, 0.5) is 0 Å². The van der Waals surface area contributed by atoms with Gasteiger partial charge >= 0.3 is 5.97 Å². The molecule has 21 heavy (non-hydrogen) atoms. The molecule has 0 aliphatic rings. The fraction of sp³-hybridized carbons (Fsp3) is 0.412. The highest BCUT2D eigenvalue weighted by Gasteiger charge is 2.19. The first-order valence-corrected chi connectivity index (χ1v) is 7.35. The molecular weight excluding hydrogens is 266 g/mol. The van der Waals surface area contributed by atoms with Gasteiger partial charge in [0.2, 0.25) is 5.76 Å². The Bertz CT molecular complexity index is 575. The van der Waals surface area contributed by atoms with Gasteiger partial charge in [-0.1, -0.05) is 43.7 Å². The van der Waals surface area contributed by atoms with Gasteiger partial charge in [-0.25, -0.2) is 9.78 Å². The van der Waals surface area contributed by atoms with Crippen molar-refractivity contribution in [2.75, 3.05) is 7.11 Å². The van der Waals surface area contributed by atoms with Gasteiger partial charge in [-0.2, -0.15) is 0 Å².